The summed E-state index contributed by atoms with van der Waals surface area (Å²) >= 11 is 12.7. The van der Waals surface area contributed by atoms with Gasteiger partial charge in [-0.2, -0.15) is 0 Å². The summed E-state index contributed by atoms with van der Waals surface area (Å²) in [6.07, 6.45) is 1.84. The Morgan fingerprint density at radius 1 is 0.809 bits per heavy atom. The summed E-state index contributed by atoms with van der Waals surface area (Å²) in [5, 5.41) is 11.0. The predicted molar refractivity (Wildman–Crippen MR) is 185 cm³/mol. The smallest absolute Gasteiger partial charge is 0.324 e. The van der Waals surface area contributed by atoms with Crippen LogP contribution in [0.15, 0.2) is 72.8 Å². The van der Waals surface area contributed by atoms with E-state index in [1.165, 1.54) is 5.56 Å². The van der Waals surface area contributed by atoms with Gasteiger partial charge >= 0.3 is 12.0 Å². The molecule has 0 aliphatic carbocycles. The topological polar surface area (TPSA) is 87.4 Å². The molecule has 3 saturated heterocycles. The standard InChI is InChI=1S/C36H41Cl2N5O4/c37-29-9-8-28(32(38)21-29)24-42-25-36(23-34(45)46,26-43(35(42)47)31-12-10-30(11-13-31)40-19-20-40)22-33(44)41-17-15-39(16-18-41)14-4-7-27-5-2-1-3-6-27/h1-3,5-6,8-13,21H,4,7,14-20,22-26H2,(H,45,46)/t36-/m1/s1. The predicted octanol–water partition coefficient (Wildman–Crippen LogP) is 5.88. The van der Waals surface area contributed by atoms with Crippen molar-refractivity contribution in [3.63, 3.8) is 0 Å². The van der Waals surface area contributed by atoms with Crippen molar-refractivity contribution in [3.05, 3.63) is 94.0 Å². The lowest BCUT2D eigenvalue weighted by Crippen LogP contribution is -2.60. The van der Waals surface area contributed by atoms with Crippen molar-refractivity contribution in [2.75, 3.05) is 68.7 Å². The molecule has 47 heavy (non-hydrogen) atoms. The molecular weight excluding hydrogens is 637 g/mol. The molecule has 3 aromatic rings. The number of amides is 3. The maximum absolute atomic E-state index is 14.0. The number of hydrogen-bond acceptors (Lipinski definition) is 5. The molecule has 1 N–H and O–H groups in total. The first kappa shape index (κ1) is 33.1. The normalized spacial score (nSPS) is 20.1. The van der Waals surface area contributed by atoms with Crippen LogP contribution in [0.25, 0.3) is 0 Å². The molecule has 3 aromatic carbocycles. The number of rotatable bonds is 12. The fourth-order valence-corrected chi connectivity index (χ4v) is 7.31. The van der Waals surface area contributed by atoms with E-state index in [0.29, 0.717) is 34.4 Å². The van der Waals surface area contributed by atoms with Crippen LogP contribution in [0.5, 0.6) is 0 Å². The van der Waals surface area contributed by atoms with Gasteiger partial charge in [-0.3, -0.25) is 19.4 Å². The van der Waals surface area contributed by atoms with Crippen LogP contribution < -0.4 is 9.80 Å². The van der Waals surface area contributed by atoms with Crippen LogP contribution in [0.4, 0.5) is 16.2 Å². The van der Waals surface area contributed by atoms with Gasteiger partial charge in [-0.25, -0.2) is 4.79 Å². The summed E-state index contributed by atoms with van der Waals surface area (Å²) in [7, 11) is 0. The first-order chi connectivity index (χ1) is 22.7. The molecule has 0 unspecified atom stereocenters. The second-order valence-electron chi connectivity index (χ2n) is 13.0. The SMILES string of the molecule is O=C(O)C[C@]1(CC(=O)N2CCN(CCCc3ccccc3)CC2)CN(Cc2ccc(Cl)cc2Cl)C(=O)N(c2ccc(N3CC3)cc2)C1. The van der Waals surface area contributed by atoms with E-state index < -0.39 is 11.4 Å². The van der Waals surface area contributed by atoms with Gasteiger partial charge in [-0.1, -0.05) is 59.6 Å². The fraction of sp³-hybridized carbons (Fsp3) is 0.417. The van der Waals surface area contributed by atoms with Gasteiger partial charge in [0.15, 0.2) is 0 Å². The second kappa shape index (κ2) is 14.5. The van der Waals surface area contributed by atoms with E-state index >= 15 is 0 Å². The number of anilines is 2. The molecule has 0 radical (unpaired) electrons. The average Bonchev–Trinajstić information content (AvgIpc) is 3.90. The Morgan fingerprint density at radius 2 is 1.51 bits per heavy atom. The first-order valence-corrected chi connectivity index (χ1v) is 17.0. The summed E-state index contributed by atoms with van der Waals surface area (Å²) in [5.74, 6) is -1.08. The molecule has 11 heteroatoms. The quantitative estimate of drug-likeness (QED) is 0.241. The lowest BCUT2D eigenvalue weighted by atomic mass is 9.77. The first-order valence-electron chi connectivity index (χ1n) is 16.3. The van der Waals surface area contributed by atoms with Crippen LogP contribution in [0.1, 0.15) is 30.4 Å². The van der Waals surface area contributed by atoms with Crippen molar-refractivity contribution in [1.29, 1.82) is 0 Å². The highest BCUT2D eigenvalue weighted by Gasteiger charge is 2.47. The summed E-state index contributed by atoms with van der Waals surface area (Å²) < 4.78 is 0. The highest BCUT2D eigenvalue weighted by molar-refractivity contribution is 6.35. The van der Waals surface area contributed by atoms with Gasteiger partial charge in [0.2, 0.25) is 5.91 Å². The number of carboxylic acids is 1. The molecule has 0 aromatic heterocycles. The number of aryl methyl sites for hydroxylation is 1. The van der Waals surface area contributed by atoms with Crippen LogP contribution in [0.3, 0.4) is 0 Å². The van der Waals surface area contributed by atoms with Crippen molar-refractivity contribution in [2.24, 2.45) is 5.41 Å². The van der Waals surface area contributed by atoms with Crippen molar-refractivity contribution < 1.29 is 19.5 Å². The third kappa shape index (κ3) is 8.39. The zero-order valence-electron chi connectivity index (χ0n) is 26.5. The Labute approximate surface area is 286 Å². The highest BCUT2D eigenvalue weighted by atomic mass is 35.5. The van der Waals surface area contributed by atoms with Crippen molar-refractivity contribution in [3.8, 4) is 0 Å². The van der Waals surface area contributed by atoms with Crippen LogP contribution in [-0.4, -0.2) is 96.6 Å². The molecule has 3 fully saturated rings. The molecule has 3 aliphatic heterocycles. The molecule has 1 atom stereocenters. The molecule has 0 bridgehead atoms. The Bertz CT molecular complexity index is 1580. The van der Waals surface area contributed by atoms with Gasteiger partial charge in [0.1, 0.15) is 0 Å². The molecule has 0 spiro atoms. The molecule has 3 amide bonds. The Balaban J connectivity index is 1.18. The molecule has 248 valence electrons. The van der Waals surface area contributed by atoms with Crippen molar-refractivity contribution in [1.82, 2.24) is 14.7 Å². The monoisotopic (exact) mass is 677 g/mol. The highest BCUT2D eigenvalue weighted by Crippen LogP contribution is 2.39. The molecule has 9 nitrogen and oxygen atoms in total. The number of benzene rings is 3. The lowest BCUT2D eigenvalue weighted by molar-refractivity contribution is -0.142. The number of aliphatic carboxylic acids is 1. The van der Waals surface area contributed by atoms with Gasteiger partial charge < -0.3 is 19.8 Å². The number of nitrogens with zero attached hydrogens (tertiary/aromatic N) is 5. The largest absolute Gasteiger partial charge is 0.481 e. The molecular formula is C36H41Cl2N5O4. The maximum Gasteiger partial charge on any atom is 0.324 e. The minimum absolute atomic E-state index is 0.0216. The van der Waals surface area contributed by atoms with Gasteiger partial charge in [0, 0.05) is 92.2 Å². The zero-order valence-corrected chi connectivity index (χ0v) is 28.0. The van der Waals surface area contributed by atoms with Crippen LogP contribution in [0.2, 0.25) is 10.0 Å². The van der Waals surface area contributed by atoms with Gasteiger partial charge in [-0.05, 0) is 66.9 Å². The Kier molecular flexibility index (Phi) is 10.2. The summed E-state index contributed by atoms with van der Waals surface area (Å²) in [4.78, 5) is 50.1. The van der Waals surface area contributed by atoms with Crippen LogP contribution in [0, 0.1) is 5.41 Å². The van der Waals surface area contributed by atoms with Crippen LogP contribution in [-0.2, 0) is 22.6 Å². The number of carbonyl (C=O) groups excluding carboxylic acids is 2. The minimum Gasteiger partial charge on any atom is -0.481 e. The zero-order chi connectivity index (χ0) is 33.0. The van der Waals surface area contributed by atoms with E-state index in [0.717, 1.165) is 51.3 Å². The third-order valence-electron chi connectivity index (χ3n) is 9.43. The number of piperazine rings is 1. The van der Waals surface area contributed by atoms with E-state index in [9.17, 15) is 19.5 Å². The van der Waals surface area contributed by atoms with Gasteiger partial charge in [0.25, 0.3) is 0 Å². The van der Waals surface area contributed by atoms with E-state index in [1.807, 2.05) is 35.2 Å². The number of carbonyl (C=O) groups is 3. The summed E-state index contributed by atoms with van der Waals surface area (Å²) in [6.45, 7) is 6.12. The second-order valence-corrected chi connectivity index (χ2v) is 13.9. The van der Waals surface area contributed by atoms with Crippen molar-refractivity contribution in [2.45, 2.75) is 32.2 Å². The molecule has 3 aliphatic rings. The number of carboxylic acid groups (broad SMARTS) is 1. The van der Waals surface area contributed by atoms with Crippen molar-refractivity contribution >= 4 is 52.5 Å². The fourth-order valence-electron chi connectivity index (χ4n) is 6.84. The number of hydrogen-bond donors (Lipinski definition) is 1. The maximum atomic E-state index is 14.0. The Morgan fingerprint density at radius 3 is 2.17 bits per heavy atom. The Hall–Kier alpha value is -3.79. The van der Waals surface area contributed by atoms with E-state index in [1.54, 1.807) is 28.0 Å². The molecule has 0 saturated carbocycles. The van der Waals surface area contributed by atoms with E-state index in [-0.39, 0.29) is 44.4 Å². The lowest BCUT2D eigenvalue weighted by Gasteiger charge is -2.48. The van der Waals surface area contributed by atoms with E-state index in [4.69, 9.17) is 23.2 Å². The number of urea groups is 1. The summed E-state index contributed by atoms with van der Waals surface area (Å²) in [5.41, 5.74) is 2.76. The third-order valence-corrected chi connectivity index (χ3v) is 10.0. The summed E-state index contributed by atoms with van der Waals surface area (Å²) in [6, 6.07) is 23.1. The van der Waals surface area contributed by atoms with E-state index in [2.05, 4.69) is 34.1 Å². The van der Waals surface area contributed by atoms with Crippen LogP contribution >= 0.6 is 23.2 Å². The van der Waals surface area contributed by atoms with Gasteiger partial charge in [-0.15, -0.1) is 0 Å². The number of halogens is 2. The molecule has 6 rings (SSSR count). The van der Waals surface area contributed by atoms with Gasteiger partial charge in [0.05, 0.1) is 6.42 Å². The minimum atomic E-state index is -1.01. The molecule has 3 heterocycles. The average molecular weight is 679 g/mol.